The lowest BCUT2D eigenvalue weighted by Crippen LogP contribution is -2.64. The van der Waals surface area contributed by atoms with E-state index in [9.17, 15) is 4.79 Å². The number of β-lactam (4-membered cyclic amide) rings is 1. The van der Waals surface area contributed by atoms with Gasteiger partial charge in [-0.25, -0.2) is 0 Å². The summed E-state index contributed by atoms with van der Waals surface area (Å²) in [5.74, 6) is 0.254. The van der Waals surface area contributed by atoms with Crippen molar-refractivity contribution in [1.29, 1.82) is 0 Å². The molecule has 1 amide bonds. The van der Waals surface area contributed by atoms with Gasteiger partial charge in [-0.05, 0) is 5.04 Å². The second-order valence-electron chi connectivity index (χ2n) is 6.19. The Morgan fingerprint density at radius 3 is 2.53 bits per heavy atom. The van der Waals surface area contributed by atoms with Gasteiger partial charge in [-0.15, -0.1) is 0 Å². The number of rotatable bonds is 2. The van der Waals surface area contributed by atoms with Gasteiger partial charge in [0.25, 0.3) is 0 Å². The average molecular weight is 252 g/mol. The first-order valence-electron chi connectivity index (χ1n) is 5.93. The fourth-order valence-corrected chi connectivity index (χ4v) is 4.53. The van der Waals surface area contributed by atoms with E-state index in [4.69, 9.17) is 0 Å². The highest BCUT2D eigenvalue weighted by atomic mass is 28.3. The van der Waals surface area contributed by atoms with Crippen LogP contribution >= 0.6 is 0 Å². The average Bonchev–Trinajstić information content (AvgIpc) is 2.63. The predicted molar refractivity (Wildman–Crippen MR) is 67.8 cm³/mol. The first kappa shape index (κ1) is 12.3. The Bertz CT molecular complexity index is 421. The highest BCUT2D eigenvalue weighted by Gasteiger charge is 2.52. The van der Waals surface area contributed by atoms with E-state index in [1.165, 1.54) is 0 Å². The van der Waals surface area contributed by atoms with Crippen LogP contribution in [0.4, 0.5) is 0 Å². The third-order valence-corrected chi connectivity index (χ3v) is 9.60. The van der Waals surface area contributed by atoms with Gasteiger partial charge >= 0.3 is 0 Å². The Morgan fingerprint density at radius 2 is 2.12 bits per heavy atom. The summed E-state index contributed by atoms with van der Waals surface area (Å²) in [6.45, 7) is 11.1. The van der Waals surface area contributed by atoms with Gasteiger partial charge in [-0.3, -0.25) is 4.79 Å². The minimum atomic E-state index is -1.80. The Balaban J connectivity index is 2.28. The van der Waals surface area contributed by atoms with Gasteiger partial charge in [0, 0.05) is 0 Å². The van der Waals surface area contributed by atoms with Crippen LogP contribution in [0.3, 0.4) is 0 Å². The number of carbonyl (C=O) groups is 1. The minimum absolute atomic E-state index is 0.127. The second kappa shape index (κ2) is 3.66. The van der Waals surface area contributed by atoms with E-state index in [2.05, 4.69) is 53.8 Å². The van der Waals surface area contributed by atoms with Gasteiger partial charge in [0.15, 0.2) is 8.24 Å². The van der Waals surface area contributed by atoms with Crippen molar-refractivity contribution in [2.24, 2.45) is 0 Å². The van der Waals surface area contributed by atoms with Gasteiger partial charge < -0.3 is 4.57 Å². The van der Waals surface area contributed by atoms with Crippen LogP contribution in [0.1, 0.15) is 38.9 Å². The molecular formula is C11H20N4OSi. The molecule has 0 spiro atoms. The Hall–Kier alpha value is -1.17. The van der Waals surface area contributed by atoms with Crippen LogP contribution in [0.2, 0.25) is 18.1 Å². The van der Waals surface area contributed by atoms with Crippen LogP contribution in [-0.2, 0) is 4.79 Å². The van der Waals surface area contributed by atoms with Crippen molar-refractivity contribution >= 4 is 14.1 Å². The molecule has 0 aliphatic carbocycles. The van der Waals surface area contributed by atoms with E-state index in [0.717, 1.165) is 5.69 Å². The molecule has 0 radical (unpaired) electrons. The van der Waals surface area contributed by atoms with Crippen LogP contribution in [0.5, 0.6) is 0 Å². The quantitative estimate of drug-likeness (QED) is 0.647. The lowest BCUT2D eigenvalue weighted by molar-refractivity contribution is -0.139. The fraction of sp³-hybridized carbons (Fsp3) is 0.727. The summed E-state index contributed by atoms with van der Waals surface area (Å²) < 4.78 is 2.07. The lowest BCUT2D eigenvalue weighted by atomic mass is 10.0. The van der Waals surface area contributed by atoms with Gasteiger partial charge in [0.1, 0.15) is 5.69 Å². The topological polar surface area (TPSA) is 61.9 Å². The van der Waals surface area contributed by atoms with E-state index in [-0.39, 0.29) is 17.0 Å². The van der Waals surface area contributed by atoms with E-state index < -0.39 is 8.24 Å². The molecule has 0 aromatic carbocycles. The van der Waals surface area contributed by atoms with Crippen molar-refractivity contribution in [3.63, 3.8) is 0 Å². The highest BCUT2D eigenvalue weighted by Crippen LogP contribution is 2.47. The van der Waals surface area contributed by atoms with Gasteiger partial charge in [0.05, 0.1) is 18.7 Å². The monoisotopic (exact) mass is 252 g/mol. The third-order valence-electron chi connectivity index (χ3n) is 4.16. The van der Waals surface area contributed by atoms with Crippen LogP contribution < -0.4 is 0 Å². The SMILES string of the molecule is CC(C)(C)[Si](C)(C)N1C(=O)C[C@H]1c1cn[nH]n1. The third kappa shape index (κ3) is 1.80. The number of hydrogen-bond acceptors (Lipinski definition) is 3. The zero-order valence-corrected chi connectivity index (χ0v) is 12.1. The molecule has 1 N–H and O–H groups in total. The number of amides is 1. The second-order valence-corrected chi connectivity index (χ2v) is 11.3. The largest absolute Gasteiger partial charge is 0.360 e. The Kier molecular flexibility index (Phi) is 2.65. The van der Waals surface area contributed by atoms with Gasteiger partial charge in [0.2, 0.25) is 5.91 Å². The summed E-state index contributed by atoms with van der Waals surface area (Å²) in [6.07, 6.45) is 2.29. The van der Waals surface area contributed by atoms with Gasteiger partial charge in [-0.1, -0.05) is 33.9 Å². The Morgan fingerprint density at radius 1 is 1.47 bits per heavy atom. The number of nitrogens with one attached hydrogen (secondary N) is 1. The summed E-state index contributed by atoms with van der Waals surface area (Å²) >= 11 is 0. The van der Waals surface area contributed by atoms with Crippen molar-refractivity contribution in [1.82, 2.24) is 20.0 Å². The molecule has 1 fully saturated rings. The zero-order chi connectivity index (χ0) is 12.8. The normalized spacial score (nSPS) is 21.6. The maximum atomic E-state index is 11.9. The summed E-state index contributed by atoms with van der Waals surface area (Å²) in [7, 11) is -1.80. The highest BCUT2D eigenvalue weighted by molar-refractivity contribution is 6.79. The number of aromatic nitrogens is 3. The van der Waals surface area contributed by atoms with Crippen molar-refractivity contribution < 1.29 is 4.79 Å². The molecule has 1 aromatic rings. The van der Waals surface area contributed by atoms with E-state index in [0.29, 0.717) is 6.42 Å². The molecule has 6 heteroatoms. The molecule has 1 aliphatic heterocycles. The molecule has 2 heterocycles. The minimum Gasteiger partial charge on any atom is -0.360 e. The van der Waals surface area contributed by atoms with Crippen LogP contribution in [-0.4, -0.2) is 34.1 Å². The van der Waals surface area contributed by atoms with Crippen molar-refractivity contribution in [3.05, 3.63) is 11.9 Å². The number of hydrogen-bond donors (Lipinski definition) is 1. The van der Waals surface area contributed by atoms with Crippen LogP contribution in [0.15, 0.2) is 6.20 Å². The molecular weight excluding hydrogens is 232 g/mol. The number of nitrogens with zero attached hydrogens (tertiary/aromatic N) is 3. The van der Waals surface area contributed by atoms with Crippen molar-refractivity contribution in [3.8, 4) is 0 Å². The summed E-state index contributed by atoms with van der Waals surface area (Å²) in [6, 6.07) is 0.127. The summed E-state index contributed by atoms with van der Waals surface area (Å²) in [5.41, 5.74) is 0.884. The van der Waals surface area contributed by atoms with Crippen molar-refractivity contribution in [2.75, 3.05) is 0 Å². The smallest absolute Gasteiger partial charge is 0.217 e. The molecule has 0 bridgehead atoms. The number of H-pyrrole nitrogens is 1. The standard InChI is InChI=1S/C11H20N4OSi/c1-11(2,3)17(4,5)15-9(6-10(15)16)8-7-12-14-13-8/h7,9H,6H2,1-5H3,(H,12,13,14)/t9-/m0/s1. The van der Waals surface area contributed by atoms with Crippen LogP contribution in [0, 0.1) is 0 Å². The maximum absolute atomic E-state index is 11.9. The summed E-state index contributed by atoms with van der Waals surface area (Å²) in [5, 5.41) is 10.7. The molecule has 1 aliphatic rings. The molecule has 2 rings (SSSR count). The molecule has 0 unspecified atom stereocenters. The molecule has 94 valence electrons. The number of carbonyl (C=O) groups excluding carboxylic acids is 1. The lowest BCUT2D eigenvalue weighted by Gasteiger charge is -2.54. The molecule has 1 saturated heterocycles. The zero-order valence-electron chi connectivity index (χ0n) is 11.1. The summed E-state index contributed by atoms with van der Waals surface area (Å²) in [4.78, 5) is 11.9. The van der Waals surface area contributed by atoms with Crippen LogP contribution in [0.25, 0.3) is 0 Å². The van der Waals surface area contributed by atoms with E-state index >= 15 is 0 Å². The van der Waals surface area contributed by atoms with E-state index in [1.807, 2.05) is 0 Å². The molecule has 1 aromatic heterocycles. The Labute approximate surface area is 103 Å². The fourth-order valence-electron chi connectivity index (χ4n) is 2.09. The molecule has 5 nitrogen and oxygen atoms in total. The first-order valence-corrected chi connectivity index (χ1v) is 8.87. The van der Waals surface area contributed by atoms with Crippen molar-refractivity contribution in [2.45, 2.75) is 51.4 Å². The predicted octanol–water partition coefficient (Wildman–Crippen LogP) is 2.08. The van der Waals surface area contributed by atoms with E-state index in [1.54, 1.807) is 6.20 Å². The molecule has 0 saturated carbocycles. The molecule has 1 atom stereocenters. The number of aromatic amines is 1. The first-order chi connectivity index (χ1) is 7.75. The molecule has 17 heavy (non-hydrogen) atoms. The maximum Gasteiger partial charge on any atom is 0.217 e. The van der Waals surface area contributed by atoms with Gasteiger partial charge in [-0.2, -0.15) is 15.4 Å².